The Balaban J connectivity index is 2.30. The second kappa shape index (κ2) is 4.30. The summed E-state index contributed by atoms with van der Waals surface area (Å²) in [6.07, 6.45) is 0. The molecule has 0 spiro atoms. The van der Waals surface area contributed by atoms with E-state index in [1.54, 1.807) is 6.07 Å². The molecule has 1 aromatic carbocycles. The average Bonchev–Trinajstić information content (AvgIpc) is 2.59. The quantitative estimate of drug-likeness (QED) is 0.911. The maximum atomic E-state index is 12.4. The lowest BCUT2D eigenvalue weighted by Crippen LogP contribution is -2.30. The fourth-order valence-electron chi connectivity index (χ4n) is 2.53. The first-order valence-electron chi connectivity index (χ1n) is 6.28. The molecule has 1 aliphatic rings. The van der Waals surface area contributed by atoms with Crippen molar-refractivity contribution >= 4 is 26.0 Å². The van der Waals surface area contributed by atoms with E-state index in [0.29, 0.717) is 9.37 Å². The van der Waals surface area contributed by atoms with Gasteiger partial charge in [0.05, 0.1) is 4.90 Å². The van der Waals surface area contributed by atoms with E-state index in [4.69, 9.17) is 0 Å². The Morgan fingerprint density at radius 2 is 1.68 bits per heavy atom. The summed E-state index contributed by atoms with van der Waals surface area (Å²) in [5.41, 5.74) is 0.993. The maximum absolute atomic E-state index is 12.4. The number of halogens is 1. The van der Waals surface area contributed by atoms with E-state index in [1.165, 1.54) is 0 Å². The van der Waals surface area contributed by atoms with Gasteiger partial charge in [-0.05, 0) is 51.4 Å². The van der Waals surface area contributed by atoms with Gasteiger partial charge in [0, 0.05) is 10.5 Å². The molecular formula is C14H20BrNO2S. The Labute approximate surface area is 124 Å². The summed E-state index contributed by atoms with van der Waals surface area (Å²) in [7, 11) is -3.48. The average molecular weight is 346 g/mol. The van der Waals surface area contributed by atoms with Gasteiger partial charge in [-0.15, -0.1) is 0 Å². The molecule has 0 saturated heterocycles. The second-order valence-electron chi connectivity index (χ2n) is 6.43. The number of nitrogens with one attached hydrogen (secondary N) is 1. The third-order valence-electron chi connectivity index (χ3n) is 4.67. The highest BCUT2D eigenvalue weighted by Crippen LogP contribution is 2.63. The number of benzene rings is 1. The lowest BCUT2D eigenvalue weighted by molar-refractivity contribution is 0.457. The van der Waals surface area contributed by atoms with Crippen molar-refractivity contribution in [2.75, 3.05) is 0 Å². The molecule has 106 valence electrons. The van der Waals surface area contributed by atoms with Crippen LogP contribution in [0.5, 0.6) is 0 Å². The van der Waals surface area contributed by atoms with Gasteiger partial charge in [-0.25, -0.2) is 13.1 Å². The van der Waals surface area contributed by atoms with Gasteiger partial charge in [0.25, 0.3) is 0 Å². The summed E-state index contributed by atoms with van der Waals surface area (Å²) < 4.78 is 28.3. The van der Waals surface area contributed by atoms with Crippen LogP contribution < -0.4 is 4.72 Å². The zero-order valence-corrected chi connectivity index (χ0v) is 14.3. The van der Waals surface area contributed by atoms with Gasteiger partial charge in [0.15, 0.2) is 0 Å². The summed E-state index contributed by atoms with van der Waals surface area (Å²) in [4.78, 5) is 0.302. The number of aryl methyl sites for hydroxylation is 1. The van der Waals surface area contributed by atoms with Crippen molar-refractivity contribution in [1.82, 2.24) is 4.72 Å². The maximum Gasteiger partial charge on any atom is 0.241 e. The summed E-state index contributed by atoms with van der Waals surface area (Å²) >= 11 is 3.33. The van der Waals surface area contributed by atoms with E-state index < -0.39 is 10.0 Å². The van der Waals surface area contributed by atoms with Gasteiger partial charge >= 0.3 is 0 Å². The molecule has 1 aliphatic carbocycles. The number of rotatable bonds is 3. The molecule has 5 heteroatoms. The van der Waals surface area contributed by atoms with Gasteiger partial charge in [-0.3, -0.25) is 0 Å². The van der Waals surface area contributed by atoms with E-state index >= 15 is 0 Å². The number of sulfonamides is 1. The van der Waals surface area contributed by atoms with Crippen molar-refractivity contribution < 1.29 is 8.42 Å². The molecule has 1 N–H and O–H groups in total. The SMILES string of the molecule is Cc1ccc(S(=O)(=O)NC2C(C)(C)C2(C)C)c(Br)c1. The molecule has 0 radical (unpaired) electrons. The van der Waals surface area contributed by atoms with Crippen LogP contribution in [0.15, 0.2) is 27.6 Å². The van der Waals surface area contributed by atoms with Crippen LogP contribution in [0, 0.1) is 17.8 Å². The lowest BCUT2D eigenvalue weighted by Gasteiger charge is -2.10. The van der Waals surface area contributed by atoms with Crippen molar-refractivity contribution in [2.24, 2.45) is 10.8 Å². The van der Waals surface area contributed by atoms with E-state index in [0.717, 1.165) is 5.56 Å². The molecule has 2 rings (SSSR count). The van der Waals surface area contributed by atoms with E-state index in [1.807, 2.05) is 19.1 Å². The summed E-state index contributed by atoms with van der Waals surface area (Å²) in [5.74, 6) is 0. The van der Waals surface area contributed by atoms with Crippen LogP contribution in [-0.4, -0.2) is 14.5 Å². The van der Waals surface area contributed by atoms with Gasteiger partial charge in [0.1, 0.15) is 0 Å². The molecule has 0 unspecified atom stereocenters. The molecule has 0 aliphatic heterocycles. The van der Waals surface area contributed by atoms with Crippen LogP contribution in [-0.2, 0) is 10.0 Å². The van der Waals surface area contributed by atoms with Crippen molar-refractivity contribution in [3.8, 4) is 0 Å². The number of hydrogen-bond acceptors (Lipinski definition) is 2. The van der Waals surface area contributed by atoms with Crippen LogP contribution in [0.2, 0.25) is 0 Å². The molecule has 3 nitrogen and oxygen atoms in total. The van der Waals surface area contributed by atoms with E-state index in [9.17, 15) is 8.42 Å². The summed E-state index contributed by atoms with van der Waals surface area (Å²) in [6.45, 7) is 10.3. The van der Waals surface area contributed by atoms with Crippen molar-refractivity contribution in [3.05, 3.63) is 28.2 Å². The zero-order chi connectivity index (χ0) is 14.6. The fourth-order valence-corrected chi connectivity index (χ4v) is 5.26. The Morgan fingerprint density at radius 1 is 1.16 bits per heavy atom. The van der Waals surface area contributed by atoms with E-state index in [2.05, 4.69) is 48.3 Å². The fraction of sp³-hybridized carbons (Fsp3) is 0.571. The molecule has 19 heavy (non-hydrogen) atoms. The zero-order valence-electron chi connectivity index (χ0n) is 11.9. The highest BCUT2D eigenvalue weighted by molar-refractivity contribution is 9.10. The molecular weight excluding hydrogens is 326 g/mol. The molecule has 0 amide bonds. The third-order valence-corrected chi connectivity index (χ3v) is 7.07. The van der Waals surface area contributed by atoms with Gasteiger partial charge in [0.2, 0.25) is 10.0 Å². The monoisotopic (exact) mass is 345 g/mol. The van der Waals surface area contributed by atoms with Crippen molar-refractivity contribution in [2.45, 2.75) is 45.6 Å². The largest absolute Gasteiger partial charge is 0.241 e. The molecule has 0 heterocycles. The second-order valence-corrected chi connectivity index (χ2v) is 8.97. The van der Waals surface area contributed by atoms with Gasteiger partial charge < -0.3 is 0 Å². The minimum atomic E-state index is -3.48. The molecule has 1 fully saturated rings. The highest BCUT2D eigenvalue weighted by atomic mass is 79.9. The van der Waals surface area contributed by atoms with Crippen molar-refractivity contribution in [1.29, 1.82) is 0 Å². The lowest BCUT2D eigenvalue weighted by atomic mass is 10.0. The van der Waals surface area contributed by atoms with Gasteiger partial charge in [-0.2, -0.15) is 0 Å². The Hall–Kier alpha value is -0.390. The Bertz CT molecular complexity index is 606. The molecule has 0 aromatic heterocycles. The number of hydrogen-bond donors (Lipinski definition) is 1. The van der Waals surface area contributed by atoms with Crippen LogP contribution >= 0.6 is 15.9 Å². The minimum Gasteiger partial charge on any atom is -0.207 e. The van der Waals surface area contributed by atoms with Crippen molar-refractivity contribution in [3.63, 3.8) is 0 Å². The minimum absolute atomic E-state index is 0.0166. The molecule has 1 saturated carbocycles. The highest BCUT2D eigenvalue weighted by Gasteiger charge is 2.66. The molecule has 1 aromatic rings. The Morgan fingerprint density at radius 3 is 2.11 bits per heavy atom. The topological polar surface area (TPSA) is 46.2 Å². The van der Waals surface area contributed by atoms with E-state index in [-0.39, 0.29) is 16.9 Å². The third kappa shape index (κ3) is 2.36. The van der Waals surface area contributed by atoms with Crippen LogP contribution in [0.25, 0.3) is 0 Å². The molecule has 0 atom stereocenters. The first kappa shape index (κ1) is 15.0. The van der Waals surface area contributed by atoms with Crippen LogP contribution in [0.3, 0.4) is 0 Å². The predicted octanol–water partition coefficient (Wildman–Crippen LogP) is 3.47. The van der Waals surface area contributed by atoms with Crippen LogP contribution in [0.4, 0.5) is 0 Å². The standard InChI is InChI=1S/C14H20BrNO2S/c1-9-6-7-11(10(15)8-9)19(17,18)16-12-13(2,3)14(12,4)5/h6-8,12,16H,1-5H3. The summed E-state index contributed by atoms with van der Waals surface area (Å²) in [6, 6.07) is 5.24. The Kier molecular flexibility index (Phi) is 3.40. The van der Waals surface area contributed by atoms with Gasteiger partial charge in [-0.1, -0.05) is 33.8 Å². The summed E-state index contributed by atoms with van der Waals surface area (Å²) in [5, 5.41) is 0. The smallest absolute Gasteiger partial charge is 0.207 e. The first-order chi connectivity index (χ1) is 8.50. The first-order valence-corrected chi connectivity index (χ1v) is 8.56. The molecule has 0 bridgehead atoms. The normalized spacial score (nSPS) is 21.4. The predicted molar refractivity (Wildman–Crippen MR) is 80.6 cm³/mol. The van der Waals surface area contributed by atoms with Crippen LogP contribution in [0.1, 0.15) is 33.3 Å².